The molecule has 6 heteroatoms. The first-order valence-corrected chi connectivity index (χ1v) is 8.68. The third-order valence-electron chi connectivity index (χ3n) is 5.04. The summed E-state index contributed by atoms with van der Waals surface area (Å²) >= 11 is 0. The minimum absolute atomic E-state index is 0.00396. The molecule has 2 aliphatic heterocycles. The van der Waals surface area contributed by atoms with Gasteiger partial charge in [-0.25, -0.2) is 0 Å². The van der Waals surface area contributed by atoms with Crippen molar-refractivity contribution in [3.05, 3.63) is 47.0 Å². The van der Waals surface area contributed by atoms with Gasteiger partial charge < -0.3 is 4.90 Å². The van der Waals surface area contributed by atoms with Crippen molar-refractivity contribution in [3.63, 3.8) is 0 Å². The molecule has 6 nitrogen and oxygen atoms in total. The van der Waals surface area contributed by atoms with Crippen LogP contribution in [0.25, 0.3) is 0 Å². The highest BCUT2D eigenvalue weighted by atomic mass is 16.2. The summed E-state index contributed by atoms with van der Waals surface area (Å²) in [6.45, 7) is 4.47. The number of aryl methyl sites for hydroxylation is 1. The van der Waals surface area contributed by atoms with Crippen LogP contribution in [0.1, 0.15) is 46.7 Å². The Hall–Kier alpha value is -2.21. The summed E-state index contributed by atoms with van der Waals surface area (Å²) in [6, 6.07) is 5.46. The van der Waals surface area contributed by atoms with Gasteiger partial charge in [0, 0.05) is 25.4 Å². The van der Waals surface area contributed by atoms with E-state index >= 15 is 0 Å². The van der Waals surface area contributed by atoms with Crippen LogP contribution in [-0.2, 0) is 26.7 Å². The Morgan fingerprint density at radius 2 is 2.00 bits per heavy atom. The average Bonchev–Trinajstić information content (AvgIpc) is 3.18. The lowest BCUT2D eigenvalue weighted by atomic mass is 10.1. The van der Waals surface area contributed by atoms with Gasteiger partial charge in [0.2, 0.25) is 0 Å². The summed E-state index contributed by atoms with van der Waals surface area (Å²) in [5, 5.41) is 4.71. The molecule has 4 heterocycles. The molecule has 0 aliphatic carbocycles. The highest BCUT2D eigenvalue weighted by molar-refractivity contribution is 5.92. The fourth-order valence-corrected chi connectivity index (χ4v) is 3.72. The molecule has 1 fully saturated rings. The Morgan fingerprint density at radius 3 is 2.75 bits per heavy atom. The van der Waals surface area contributed by atoms with Gasteiger partial charge in [-0.1, -0.05) is 12.5 Å². The third-order valence-corrected chi connectivity index (χ3v) is 5.04. The number of fused-ring (bicyclic) bond motifs is 1. The van der Waals surface area contributed by atoms with Crippen LogP contribution < -0.4 is 0 Å². The van der Waals surface area contributed by atoms with Crippen molar-refractivity contribution in [2.75, 3.05) is 13.1 Å². The Balaban J connectivity index is 1.51. The molecule has 0 saturated carbocycles. The van der Waals surface area contributed by atoms with Gasteiger partial charge in [-0.05, 0) is 38.1 Å². The molecular formula is C18H23N5O. The maximum Gasteiger partial charge on any atom is 0.273 e. The minimum atomic E-state index is -0.00396. The molecule has 1 saturated heterocycles. The van der Waals surface area contributed by atoms with Crippen molar-refractivity contribution in [2.45, 2.75) is 38.9 Å². The summed E-state index contributed by atoms with van der Waals surface area (Å²) in [7, 11) is 1.98. The number of pyridine rings is 1. The maximum absolute atomic E-state index is 12.6. The van der Waals surface area contributed by atoms with Gasteiger partial charge in [-0.15, -0.1) is 0 Å². The summed E-state index contributed by atoms with van der Waals surface area (Å²) in [4.78, 5) is 21.2. The number of hydrogen-bond donors (Lipinski definition) is 0. The van der Waals surface area contributed by atoms with E-state index in [0.717, 1.165) is 31.0 Å². The molecule has 126 valence electrons. The number of carbonyl (C=O) groups is 1. The van der Waals surface area contributed by atoms with E-state index in [1.807, 2.05) is 28.8 Å². The van der Waals surface area contributed by atoms with E-state index in [2.05, 4.69) is 9.88 Å². The van der Waals surface area contributed by atoms with Crippen molar-refractivity contribution < 1.29 is 4.79 Å². The average molecular weight is 325 g/mol. The zero-order valence-electron chi connectivity index (χ0n) is 14.1. The molecule has 2 aliphatic rings. The normalized spacial score (nSPS) is 18.0. The molecule has 24 heavy (non-hydrogen) atoms. The van der Waals surface area contributed by atoms with Gasteiger partial charge >= 0.3 is 0 Å². The van der Waals surface area contributed by atoms with Crippen molar-refractivity contribution in [1.29, 1.82) is 0 Å². The van der Waals surface area contributed by atoms with Gasteiger partial charge in [0.1, 0.15) is 5.69 Å². The molecule has 0 radical (unpaired) electrons. The Bertz CT molecular complexity index is 733. The van der Waals surface area contributed by atoms with Gasteiger partial charge in [0.15, 0.2) is 0 Å². The topological polar surface area (TPSA) is 54.3 Å². The monoisotopic (exact) mass is 325 g/mol. The SMILES string of the molecule is Cn1nc(CN2CCCCC2)c2c1CN(C(=O)c1ccccn1)C2. The quantitative estimate of drug-likeness (QED) is 0.866. The minimum Gasteiger partial charge on any atom is -0.327 e. The summed E-state index contributed by atoms with van der Waals surface area (Å²) < 4.78 is 1.94. The van der Waals surface area contributed by atoms with Crippen LogP contribution in [0.3, 0.4) is 0 Å². The first-order chi connectivity index (χ1) is 11.7. The van der Waals surface area contributed by atoms with Crippen LogP contribution in [0.2, 0.25) is 0 Å². The molecule has 0 spiro atoms. The van der Waals surface area contributed by atoms with E-state index in [1.54, 1.807) is 12.3 Å². The second-order valence-corrected chi connectivity index (χ2v) is 6.71. The number of carbonyl (C=O) groups excluding carboxylic acids is 1. The number of rotatable bonds is 3. The van der Waals surface area contributed by atoms with E-state index in [1.165, 1.54) is 24.8 Å². The van der Waals surface area contributed by atoms with Crippen molar-refractivity contribution in [2.24, 2.45) is 7.05 Å². The predicted octanol–water partition coefficient (Wildman–Crippen LogP) is 1.96. The highest BCUT2D eigenvalue weighted by Gasteiger charge is 2.31. The lowest BCUT2D eigenvalue weighted by Crippen LogP contribution is -2.30. The lowest BCUT2D eigenvalue weighted by molar-refractivity contribution is 0.0741. The molecule has 0 unspecified atom stereocenters. The van der Waals surface area contributed by atoms with E-state index < -0.39 is 0 Å². The molecular weight excluding hydrogens is 302 g/mol. The van der Waals surface area contributed by atoms with Gasteiger partial charge in [0.05, 0.1) is 24.5 Å². The molecule has 0 bridgehead atoms. The van der Waals surface area contributed by atoms with Gasteiger partial charge in [-0.2, -0.15) is 5.10 Å². The number of nitrogens with zero attached hydrogens (tertiary/aromatic N) is 5. The largest absolute Gasteiger partial charge is 0.327 e. The van der Waals surface area contributed by atoms with Crippen molar-refractivity contribution in [3.8, 4) is 0 Å². The summed E-state index contributed by atoms with van der Waals surface area (Å²) in [5.74, 6) is -0.00396. The Morgan fingerprint density at radius 1 is 1.17 bits per heavy atom. The van der Waals surface area contributed by atoms with E-state index in [9.17, 15) is 4.79 Å². The highest BCUT2D eigenvalue weighted by Crippen LogP contribution is 2.28. The smallest absolute Gasteiger partial charge is 0.273 e. The molecule has 2 aromatic heterocycles. The predicted molar refractivity (Wildman–Crippen MR) is 90.2 cm³/mol. The second-order valence-electron chi connectivity index (χ2n) is 6.71. The first-order valence-electron chi connectivity index (χ1n) is 8.68. The van der Waals surface area contributed by atoms with Gasteiger partial charge in [0.25, 0.3) is 5.91 Å². The summed E-state index contributed by atoms with van der Waals surface area (Å²) in [6.07, 6.45) is 5.56. The maximum atomic E-state index is 12.6. The van der Waals surface area contributed by atoms with E-state index in [4.69, 9.17) is 5.10 Å². The fraction of sp³-hybridized carbons (Fsp3) is 0.500. The van der Waals surface area contributed by atoms with Gasteiger partial charge in [-0.3, -0.25) is 19.4 Å². The number of aromatic nitrogens is 3. The zero-order chi connectivity index (χ0) is 16.5. The van der Waals surface area contributed by atoms with Crippen LogP contribution in [0.15, 0.2) is 24.4 Å². The lowest BCUT2D eigenvalue weighted by Gasteiger charge is -2.26. The van der Waals surface area contributed by atoms with Crippen LogP contribution in [0, 0.1) is 0 Å². The first kappa shape index (κ1) is 15.3. The van der Waals surface area contributed by atoms with Crippen molar-refractivity contribution in [1.82, 2.24) is 24.6 Å². The van der Waals surface area contributed by atoms with Crippen LogP contribution in [0.5, 0.6) is 0 Å². The molecule has 0 aromatic carbocycles. The second kappa shape index (κ2) is 6.36. The number of amides is 1. The van der Waals surface area contributed by atoms with E-state index in [0.29, 0.717) is 18.8 Å². The molecule has 0 atom stereocenters. The molecule has 0 N–H and O–H groups in total. The molecule has 4 rings (SSSR count). The Kier molecular flexibility index (Phi) is 4.06. The molecule has 1 amide bonds. The number of hydrogen-bond acceptors (Lipinski definition) is 4. The van der Waals surface area contributed by atoms with Crippen LogP contribution in [0.4, 0.5) is 0 Å². The number of piperidine rings is 1. The summed E-state index contributed by atoms with van der Waals surface area (Å²) in [5.41, 5.74) is 4.03. The Labute approximate surface area is 142 Å². The fourth-order valence-electron chi connectivity index (χ4n) is 3.72. The van der Waals surface area contributed by atoms with Crippen LogP contribution >= 0.6 is 0 Å². The standard InChI is InChI=1S/C18H23N5O/c1-21-17-13-23(18(24)15-7-3-4-8-19-15)11-14(17)16(20-21)12-22-9-5-2-6-10-22/h3-4,7-8H,2,5-6,9-13H2,1H3. The third kappa shape index (κ3) is 2.82. The van der Waals surface area contributed by atoms with Crippen LogP contribution in [-0.4, -0.2) is 43.6 Å². The van der Waals surface area contributed by atoms with Crippen molar-refractivity contribution >= 4 is 5.91 Å². The number of likely N-dealkylation sites (tertiary alicyclic amines) is 1. The zero-order valence-corrected chi connectivity index (χ0v) is 14.1. The van der Waals surface area contributed by atoms with E-state index in [-0.39, 0.29) is 5.91 Å². The molecule has 2 aromatic rings.